The molecule has 1 atom stereocenters. The molecule has 0 rings (SSSR count). The number of hydrogen-bond acceptors (Lipinski definition) is 2. The fraction of sp³-hybridized carbons (Fsp3) is 0.833. The van der Waals surface area contributed by atoms with Crippen molar-refractivity contribution in [3.05, 3.63) is 11.5 Å². The molecule has 0 saturated heterocycles. The van der Waals surface area contributed by atoms with Gasteiger partial charge in [-0.05, 0) is 17.2 Å². The lowest BCUT2D eigenvalue weighted by Crippen LogP contribution is -2.00. The van der Waals surface area contributed by atoms with Crippen molar-refractivity contribution in [2.45, 2.75) is 52.4 Å². The lowest BCUT2D eigenvalue weighted by atomic mass is 10.0. The van der Waals surface area contributed by atoms with E-state index in [4.69, 9.17) is 5.73 Å². The molecule has 0 heterocycles. The summed E-state index contributed by atoms with van der Waals surface area (Å²) in [4.78, 5) is 1.25. The lowest BCUT2D eigenvalue weighted by molar-refractivity contribution is 0.547. The van der Waals surface area contributed by atoms with Gasteiger partial charge in [-0.15, -0.1) is 11.8 Å². The van der Waals surface area contributed by atoms with Crippen LogP contribution in [0.1, 0.15) is 52.4 Å². The van der Waals surface area contributed by atoms with Crippen molar-refractivity contribution in [1.82, 2.24) is 0 Å². The van der Waals surface area contributed by atoms with Crippen LogP contribution >= 0.6 is 11.8 Å². The van der Waals surface area contributed by atoms with Gasteiger partial charge >= 0.3 is 0 Å². The molecule has 84 valence electrons. The van der Waals surface area contributed by atoms with E-state index in [1.54, 1.807) is 11.8 Å². The zero-order chi connectivity index (χ0) is 10.8. The zero-order valence-corrected chi connectivity index (χ0v) is 10.5. The molecule has 2 heteroatoms. The first kappa shape index (κ1) is 14.1. The third-order valence-corrected chi connectivity index (χ3v) is 3.50. The first-order chi connectivity index (χ1) is 6.72. The van der Waals surface area contributed by atoms with Gasteiger partial charge in [0.15, 0.2) is 0 Å². The van der Waals surface area contributed by atoms with Crippen LogP contribution in [0.2, 0.25) is 0 Å². The van der Waals surface area contributed by atoms with Crippen LogP contribution in [-0.4, -0.2) is 5.88 Å². The molecule has 1 nitrogen and oxygen atoms in total. The van der Waals surface area contributed by atoms with Gasteiger partial charge in [-0.25, -0.2) is 0 Å². The quantitative estimate of drug-likeness (QED) is 0.462. The molecule has 1 unspecified atom stereocenters. The fourth-order valence-corrected chi connectivity index (χ4v) is 2.08. The van der Waals surface area contributed by atoms with Crippen molar-refractivity contribution in [3.63, 3.8) is 0 Å². The first-order valence-electron chi connectivity index (χ1n) is 5.74. The van der Waals surface area contributed by atoms with Gasteiger partial charge in [0.2, 0.25) is 0 Å². The van der Waals surface area contributed by atoms with Gasteiger partial charge < -0.3 is 5.73 Å². The second-order valence-electron chi connectivity index (χ2n) is 3.88. The van der Waals surface area contributed by atoms with E-state index in [0.717, 1.165) is 0 Å². The van der Waals surface area contributed by atoms with Gasteiger partial charge in [0.25, 0.3) is 0 Å². The van der Waals surface area contributed by atoms with Crippen LogP contribution in [0.3, 0.4) is 0 Å². The summed E-state index contributed by atoms with van der Waals surface area (Å²) in [6, 6.07) is 0. The average molecular weight is 215 g/mol. The number of thioether (sulfide) groups is 1. The minimum absolute atomic E-state index is 0.630. The molecule has 0 spiro atoms. The highest BCUT2D eigenvalue weighted by Crippen LogP contribution is 2.25. The molecule has 0 fully saturated rings. The second-order valence-corrected chi connectivity index (χ2v) is 5.03. The highest BCUT2D eigenvalue weighted by atomic mass is 32.2. The molecule has 0 aromatic carbocycles. The molecule has 0 aliphatic heterocycles. The van der Waals surface area contributed by atoms with Crippen LogP contribution in [-0.2, 0) is 0 Å². The van der Waals surface area contributed by atoms with E-state index in [2.05, 4.69) is 20.4 Å². The number of rotatable bonds is 9. The zero-order valence-electron chi connectivity index (χ0n) is 9.72. The van der Waals surface area contributed by atoms with E-state index in [0.29, 0.717) is 11.8 Å². The Morgan fingerprint density at radius 2 is 1.93 bits per heavy atom. The van der Waals surface area contributed by atoms with Gasteiger partial charge in [-0.3, -0.25) is 0 Å². The molecule has 0 amide bonds. The minimum Gasteiger partial charge on any atom is -0.322 e. The van der Waals surface area contributed by atoms with Gasteiger partial charge in [0.05, 0.1) is 0 Å². The summed E-state index contributed by atoms with van der Waals surface area (Å²) in [7, 11) is 0. The van der Waals surface area contributed by atoms with E-state index in [9.17, 15) is 0 Å². The monoisotopic (exact) mass is 215 g/mol. The predicted molar refractivity (Wildman–Crippen MR) is 68.3 cm³/mol. The summed E-state index contributed by atoms with van der Waals surface area (Å²) in [6.07, 6.45) is 8.08. The maximum atomic E-state index is 5.46. The average Bonchev–Trinajstić information content (AvgIpc) is 2.17. The number of unbranched alkanes of at least 4 members (excludes halogenated alkanes) is 4. The fourth-order valence-electron chi connectivity index (χ4n) is 1.46. The van der Waals surface area contributed by atoms with Crippen molar-refractivity contribution in [3.8, 4) is 0 Å². The SMILES string of the molecule is C=C(SCN)C(C)CCCCCCC. The molecule has 0 aromatic heterocycles. The summed E-state index contributed by atoms with van der Waals surface area (Å²) in [5, 5.41) is 0. The summed E-state index contributed by atoms with van der Waals surface area (Å²) >= 11 is 1.69. The largest absolute Gasteiger partial charge is 0.322 e. The van der Waals surface area contributed by atoms with Crippen molar-refractivity contribution >= 4 is 11.8 Å². The normalized spacial score (nSPS) is 12.8. The van der Waals surface area contributed by atoms with Crippen LogP contribution in [0.5, 0.6) is 0 Å². The van der Waals surface area contributed by atoms with Crippen LogP contribution in [0.4, 0.5) is 0 Å². The smallest absolute Gasteiger partial charge is 0.0437 e. The Morgan fingerprint density at radius 3 is 2.50 bits per heavy atom. The second kappa shape index (κ2) is 9.60. The van der Waals surface area contributed by atoms with E-state index in [-0.39, 0.29) is 0 Å². The Hall–Kier alpha value is 0.0500. The van der Waals surface area contributed by atoms with E-state index >= 15 is 0 Å². The molecule has 0 aromatic rings. The number of nitrogens with two attached hydrogens (primary N) is 1. The summed E-state index contributed by atoms with van der Waals surface area (Å²) < 4.78 is 0. The molecule has 0 aliphatic rings. The maximum Gasteiger partial charge on any atom is 0.0437 e. The first-order valence-corrected chi connectivity index (χ1v) is 6.72. The number of allylic oxidation sites excluding steroid dienone is 1. The van der Waals surface area contributed by atoms with Crippen molar-refractivity contribution in [2.75, 3.05) is 5.88 Å². The molecule has 2 N–H and O–H groups in total. The number of hydrogen-bond donors (Lipinski definition) is 1. The van der Waals surface area contributed by atoms with E-state index in [1.165, 1.54) is 43.4 Å². The van der Waals surface area contributed by atoms with Crippen LogP contribution in [0.15, 0.2) is 11.5 Å². The van der Waals surface area contributed by atoms with Gasteiger partial charge in [0, 0.05) is 5.88 Å². The van der Waals surface area contributed by atoms with Crippen LogP contribution in [0, 0.1) is 5.92 Å². The molecule has 0 radical (unpaired) electrons. The molecule has 0 aliphatic carbocycles. The van der Waals surface area contributed by atoms with Gasteiger partial charge in [-0.2, -0.15) is 0 Å². The Bertz CT molecular complexity index is 145. The Kier molecular flexibility index (Phi) is 9.63. The van der Waals surface area contributed by atoms with Crippen LogP contribution < -0.4 is 5.73 Å². The molecular formula is C12H25NS. The topological polar surface area (TPSA) is 26.0 Å². The Labute approximate surface area is 93.5 Å². The lowest BCUT2D eigenvalue weighted by Gasteiger charge is -2.12. The predicted octanol–water partition coefficient (Wildman–Crippen LogP) is 4.15. The van der Waals surface area contributed by atoms with Gasteiger partial charge in [-0.1, -0.05) is 52.5 Å². The van der Waals surface area contributed by atoms with Crippen molar-refractivity contribution < 1.29 is 0 Å². The Balaban J connectivity index is 3.34. The third-order valence-electron chi connectivity index (χ3n) is 2.56. The highest BCUT2D eigenvalue weighted by Gasteiger charge is 2.05. The third kappa shape index (κ3) is 7.45. The van der Waals surface area contributed by atoms with E-state index < -0.39 is 0 Å². The maximum absolute atomic E-state index is 5.46. The van der Waals surface area contributed by atoms with Crippen LogP contribution in [0.25, 0.3) is 0 Å². The summed E-state index contributed by atoms with van der Waals surface area (Å²) in [6.45, 7) is 8.55. The van der Waals surface area contributed by atoms with E-state index in [1.807, 2.05) is 0 Å². The Morgan fingerprint density at radius 1 is 1.29 bits per heavy atom. The highest BCUT2D eigenvalue weighted by molar-refractivity contribution is 8.03. The van der Waals surface area contributed by atoms with Crippen molar-refractivity contribution in [1.29, 1.82) is 0 Å². The standard InChI is InChI=1S/C12H25NS/c1-4-5-6-7-8-9-11(2)12(3)14-10-13/h11H,3-10,13H2,1-2H3. The molecule has 0 bridgehead atoms. The molecule has 0 saturated carbocycles. The summed E-state index contributed by atoms with van der Waals surface area (Å²) in [5.41, 5.74) is 5.46. The molecule has 14 heavy (non-hydrogen) atoms. The van der Waals surface area contributed by atoms with Gasteiger partial charge in [0.1, 0.15) is 0 Å². The van der Waals surface area contributed by atoms with Crippen molar-refractivity contribution in [2.24, 2.45) is 11.7 Å². The minimum atomic E-state index is 0.630. The molecular weight excluding hydrogens is 190 g/mol. The summed E-state index contributed by atoms with van der Waals surface area (Å²) in [5.74, 6) is 1.30.